The Morgan fingerprint density at radius 2 is 2.20 bits per heavy atom. The Morgan fingerprint density at radius 3 is 2.84 bits per heavy atom. The molecule has 134 valence electrons. The minimum Gasteiger partial charge on any atom is -0.360 e. The molecule has 0 spiro atoms. The van der Waals surface area contributed by atoms with E-state index in [1.807, 2.05) is 0 Å². The number of hydrogen-bond donors (Lipinski definition) is 0. The summed E-state index contributed by atoms with van der Waals surface area (Å²) >= 11 is 0. The monoisotopic (exact) mass is 352 g/mol. The van der Waals surface area contributed by atoms with E-state index in [1.165, 1.54) is 17.0 Å². The summed E-state index contributed by atoms with van der Waals surface area (Å²) in [5.41, 5.74) is 0.573. The number of nitro groups is 1. The predicted molar refractivity (Wildman–Crippen MR) is 87.0 cm³/mol. The zero-order chi connectivity index (χ0) is 17.6. The highest BCUT2D eigenvalue weighted by Crippen LogP contribution is 2.38. The van der Waals surface area contributed by atoms with Crippen molar-refractivity contribution in [3.8, 4) is 0 Å². The fourth-order valence-electron chi connectivity index (χ4n) is 3.49. The van der Waals surface area contributed by atoms with E-state index in [-0.39, 0.29) is 30.6 Å². The van der Waals surface area contributed by atoms with Crippen molar-refractivity contribution in [2.45, 2.75) is 37.8 Å². The Morgan fingerprint density at radius 1 is 1.36 bits per heavy atom. The van der Waals surface area contributed by atoms with Gasteiger partial charge >= 0.3 is 0 Å². The minimum atomic E-state index is -2.82. The third-order valence-corrected chi connectivity index (χ3v) is 4.78. The molecule has 0 radical (unpaired) electrons. The van der Waals surface area contributed by atoms with Crippen LogP contribution in [-0.4, -0.2) is 40.3 Å². The van der Waals surface area contributed by atoms with E-state index in [2.05, 4.69) is 5.10 Å². The first-order valence-corrected chi connectivity index (χ1v) is 8.35. The van der Waals surface area contributed by atoms with E-state index in [0.717, 1.165) is 19.3 Å². The van der Waals surface area contributed by atoms with Crippen molar-refractivity contribution in [1.29, 1.82) is 0 Å². The van der Waals surface area contributed by atoms with Crippen LogP contribution in [0.25, 0.3) is 10.9 Å². The normalized spacial score (nSPS) is 23.3. The van der Waals surface area contributed by atoms with Crippen molar-refractivity contribution in [1.82, 2.24) is 9.78 Å². The standard InChI is InChI=1S/C16H18F2N4O3/c17-16(18)4-5-20(10-16)13-8-12-11(7-14(13)22(23)24)9-21(19-12)15-3-1-2-6-25-15/h7-9,15H,1-6,10H2. The van der Waals surface area contributed by atoms with Crippen LogP contribution in [0.3, 0.4) is 0 Å². The smallest absolute Gasteiger partial charge is 0.293 e. The molecule has 2 aliphatic rings. The Balaban J connectivity index is 1.74. The second-order valence-electron chi connectivity index (χ2n) is 6.61. The number of hydrogen-bond acceptors (Lipinski definition) is 5. The fraction of sp³-hybridized carbons (Fsp3) is 0.562. The molecule has 2 saturated heterocycles. The number of anilines is 1. The molecule has 0 N–H and O–H groups in total. The van der Waals surface area contributed by atoms with Crippen LogP contribution >= 0.6 is 0 Å². The molecule has 2 fully saturated rings. The molecule has 0 aliphatic carbocycles. The van der Waals surface area contributed by atoms with Crippen LogP contribution in [0.4, 0.5) is 20.2 Å². The highest BCUT2D eigenvalue weighted by molar-refractivity contribution is 5.87. The lowest BCUT2D eigenvalue weighted by Crippen LogP contribution is -2.25. The van der Waals surface area contributed by atoms with Crippen LogP contribution in [0.2, 0.25) is 0 Å². The van der Waals surface area contributed by atoms with Gasteiger partial charge in [0.05, 0.1) is 17.0 Å². The van der Waals surface area contributed by atoms with E-state index >= 15 is 0 Å². The lowest BCUT2D eigenvalue weighted by molar-refractivity contribution is -0.384. The average Bonchev–Trinajstić information content (AvgIpc) is 3.16. The lowest BCUT2D eigenvalue weighted by atomic mass is 10.2. The summed E-state index contributed by atoms with van der Waals surface area (Å²) in [6, 6.07) is 2.95. The molecular weight excluding hydrogens is 334 g/mol. The van der Waals surface area contributed by atoms with Gasteiger partial charge in [-0.3, -0.25) is 10.1 Å². The van der Waals surface area contributed by atoms with E-state index < -0.39 is 17.4 Å². The van der Waals surface area contributed by atoms with Gasteiger partial charge in [-0.05, 0) is 25.3 Å². The van der Waals surface area contributed by atoms with Crippen molar-refractivity contribution in [3.63, 3.8) is 0 Å². The van der Waals surface area contributed by atoms with Gasteiger partial charge in [0.2, 0.25) is 0 Å². The van der Waals surface area contributed by atoms with E-state index in [9.17, 15) is 18.9 Å². The maximum absolute atomic E-state index is 13.5. The molecule has 0 saturated carbocycles. The van der Waals surface area contributed by atoms with Gasteiger partial charge in [0.15, 0.2) is 0 Å². The van der Waals surface area contributed by atoms with Gasteiger partial charge in [0, 0.05) is 37.2 Å². The third-order valence-electron chi connectivity index (χ3n) is 4.78. The summed E-state index contributed by atoms with van der Waals surface area (Å²) < 4.78 is 34.4. The van der Waals surface area contributed by atoms with Crippen molar-refractivity contribution in [2.75, 3.05) is 24.6 Å². The quantitative estimate of drug-likeness (QED) is 0.624. The molecule has 25 heavy (non-hydrogen) atoms. The fourth-order valence-corrected chi connectivity index (χ4v) is 3.49. The second-order valence-corrected chi connectivity index (χ2v) is 6.61. The zero-order valence-electron chi connectivity index (χ0n) is 13.5. The van der Waals surface area contributed by atoms with Gasteiger partial charge in [-0.2, -0.15) is 5.10 Å². The van der Waals surface area contributed by atoms with Gasteiger partial charge in [-0.1, -0.05) is 0 Å². The van der Waals surface area contributed by atoms with E-state index in [0.29, 0.717) is 17.5 Å². The van der Waals surface area contributed by atoms with E-state index in [1.54, 1.807) is 10.9 Å². The molecular formula is C16H18F2N4O3. The number of aromatic nitrogens is 2. The molecule has 3 heterocycles. The molecule has 7 nitrogen and oxygen atoms in total. The highest BCUT2D eigenvalue weighted by Gasteiger charge is 2.40. The van der Waals surface area contributed by atoms with Gasteiger partial charge < -0.3 is 9.64 Å². The number of nitro benzene ring substituents is 1. The van der Waals surface area contributed by atoms with Crippen LogP contribution in [0.1, 0.15) is 31.9 Å². The SMILES string of the molecule is O=[N+]([O-])c1cc2cn(C3CCCCO3)nc2cc1N1CCC(F)(F)C1. The third kappa shape index (κ3) is 3.04. The summed E-state index contributed by atoms with van der Waals surface area (Å²) in [5, 5.41) is 16.5. The first-order valence-electron chi connectivity index (χ1n) is 8.35. The maximum Gasteiger partial charge on any atom is 0.293 e. The molecule has 1 aromatic carbocycles. The van der Waals surface area contributed by atoms with Crippen molar-refractivity contribution < 1.29 is 18.4 Å². The summed E-state index contributed by atoms with van der Waals surface area (Å²) in [7, 11) is 0. The van der Waals surface area contributed by atoms with Crippen LogP contribution in [0.15, 0.2) is 18.3 Å². The van der Waals surface area contributed by atoms with Gasteiger partial charge in [-0.15, -0.1) is 0 Å². The second kappa shape index (κ2) is 5.91. The number of nitrogens with zero attached hydrogens (tertiary/aromatic N) is 4. The molecule has 2 aromatic rings. The largest absolute Gasteiger partial charge is 0.360 e. The van der Waals surface area contributed by atoms with Crippen LogP contribution in [0, 0.1) is 10.1 Å². The molecule has 2 aliphatic heterocycles. The number of alkyl halides is 2. The Bertz CT molecular complexity index is 817. The summed E-state index contributed by atoms with van der Waals surface area (Å²) in [4.78, 5) is 12.3. The van der Waals surface area contributed by atoms with Crippen LogP contribution < -0.4 is 4.90 Å². The molecule has 1 aromatic heterocycles. The topological polar surface area (TPSA) is 73.4 Å². The maximum atomic E-state index is 13.5. The van der Waals surface area contributed by atoms with Gasteiger partial charge in [0.25, 0.3) is 11.6 Å². The minimum absolute atomic E-state index is 0.0891. The molecule has 4 rings (SSSR count). The Kier molecular flexibility index (Phi) is 3.82. The summed E-state index contributed by atoms with van der Waals surface area (Å²) in [6.07, 6.45) is 4.12. The number of halogens is 2. The zero-order valence-corrected chi connectivity index (χ0v) is 13.5. The molecule has 1 atom stereocenters. The van der Waals surface area contributed by atoms with Gasteiger partial charge in [-0.25, -0.2) is 13.5 Å². The van der Waals surface area contributed by atoms with Crippen LogP contribution in [-0.2, 0) is 4.74 Å². The van der Waals surface area contributed by atoms with Crippen LogP contribution in [0.5, 0.6) is 0 Å². The van der Waals surface area contributed by atoms with Crippen molar-refractivity contribution in [3.05, 3.63) is 28.4 Å². The van der Waals surface area contributed by atoms with E-state index in [4.69, 9.17) is 4.74 Å². The highest BCUT2D eigenvalue weighted by atomic mass is 19.3. The first-order chi connectivity index (χ1) is 11.9. The van der Waals surface area contributed by atoms with Crippen molar-refractivity contribution in [2.24, 2.45) is 0 Å². The molecule has 9 heteroatoms. The predicted octanol–water partition coefficient (Wildman–Crippen LogP) is 3.49. The van der Waals surface area contributed by atoms with Crippen molar-refractivity contribution >= 4 is 22.3 Å². The molecule has 1 unspecified atom stereocenters. The Hall–Kier alpha value is -2.29. The summed E-state index contributed by atoms with van der Waals surface area (Å²) in [5.74, 6) is -2.82. The molecule has 0 bridgehead atoms. The lowest BCUT2D eigenvalue weighted by Gasteiger charge is -2.22. The number of ether oxygens (including phenoxy) is 1. The average molecular weight is 352 g/mol. The number of benzene rings is 1. The first kappa shape index (κ1) is 16.2. The van der Waals surface area contributed by atoms with Gasteiger partial charge in [0.1, 0.15) is 11.9 Å². The summed E-state index contributed by atoms with van der Waals surface area (Å²) in [6.45, 7) is 0.243. The number of rotatable bonds is 3. The Labute approximate surface area is 142 Å². The molecule has 0 amide bonds. The number of fused-ring (bicyclic) bond motifs is 1.